The third kappa shape index (κ3) is 3.29. The molecule has 3 aromatic rings. The number of hydrogen-bond donors (Lipinski definition) is 0. The van der Waals surface area contributed by atoms with Gasteiger partial charge in [-0.15, -0.1) is 0 Å². The summed E-state index contributed by atoms with van der Waals surface area (Å²) in [4.78, 5) is 8.84. The van der Waals surface area contributed by atoms with Crippen LogP contribution in [0.5, 0.6) is 11.5 Å². The van der Waals surface area contributed by atoms with Gasteiger partial charge in [0.25, 0.3) is 0 Å². The number of nitrogens with zero attached hydrogens (tertiary/aromatic N) is 2. The Morgan fingerprint density at radius 1 is 0.957 bits per heavy atom. The smallest absolute Gasteiger partial charge is 0.163 e. The molecule has 0 unspecified atom stereocenters. The Balaban J connectivity index is 2.21. The van der Waals surface area contributed by atoms with Gasteiger partial charge >= 0.3 is 0 Å². The minimum absolute atomic E-state index is 0.575. The molecular weight excluding hydrogens is 356 g/mol. The molecule has 0 saturated carbocycles. The molecule has 0 aliphatic rings. The Bertz CT molecular complexity index is 836. The van der Waals surface area contributed by atoms with Crippen molar-refractivity contribution in [1.82, 2.24) is 9.97 Å². The van der Waals surface area contributed by atoms with Gasteiger partial charge in [-0.25, -0.2) is 9.97 Å². The standard InChI is InChI=1S/C18H17BrN2O2/c1-3-22-16-9-14-15(10-17(16)23-4-2)20-11-21-18(14)12-6-5-7-13(19)8-12/h5-11H,3-4H2,1-2H3. The molecule has 2 aromatic carbocycles. The van der Waals surface area contributed by atoms with Crippen LogP contribution in [0, 0.1) is 0 Å². The fourth-order valence-corrected chi connectivity index (χ4v) is 2.87. The first-order chi connectivity index (χ1) is 11.2. The van der Waals surface area contributed by atoms with Gasteiger partial charge in [0.2, 0.25) is 0 Å². The maximum Gasteiger partial charge on any atom is 0.163 e. The summed E-state index contributed by atoms with van der Waals surface area (Å²) in [6.07, 6.45) is 1.58. The molecule has 23 heavy (non-hydrogen) atoms. The first-order valence-electron chi connectivity index (χ1n) is 7.53. The lowest BCUT2D eigenvalue weighted by atomic mass is 10.1. The summed E-state index contributed by atoms with van der Waals surface area (Å²) in [7, 11) is 0. The number of aromatic nitrogens is 2. The third-order valence-electron chi connectivity index (χ3n) is 3.40. The number of benzene rings is 2. The van der Waals surface area contributed by atoms with E-state index in [2.05, 4.69) is 25.9 Å². The highest BCUT2D eigenvalue weighted by molar-refractivity contribution is 9.10. The number of fused-ring (bicyclic) bond motifs is 1. The first kappa shape index (κ1) is 15.7. The Labute approximate surface area is 143 Å². The molecule has 0 aliphatic heterocycles. The van der Waals surface area contributed by atoms with E-state index in [0.717, 1.165) is 26.6 Å². The summed E-state index contributed by atoms with van der Waals surface area (Å²) >= 11 is 3.51. The lowest BCUT2D eigenvalue weighted by Gasteiger charge is -2.13. The molecule has 5 heteroatoms. The zero-order valence-corrected chi connectivity index (χ0v) is 14.6. The van der Waals surface area contributed by atoms with Crippen molar-refractivity contribution in [3.05, 3.63) is 47.2 Å². The van der Waals surface area contributed by atoms with Crippen LogP contribution in [0.3, 0.4) is 0 Å². The predicted molar refractivity (Wildman–Crippen MR) is 95.0 cm³/mol. The van der Waals surface area contributed by atoms with Crippen molar-refractivity contribution < 1.29 is 9.47 Å². The Morgan fingerprint density at radius 2 is 1.70 bits per heavy atom. The fraction of sp³-hybridized carbons (Fsp3) is 0.222. The molecule has 1 heterocycles. The van der Waals surface area contributed by atoms with Crippen LogP contribution in [0.25, 0.3) is 22.2 Å². The zero-order valence-electron chi connectivity index (χ0n) is 13.0. The number of ether oxygens (including phenoxy) is 2. The highest BCUT2D eigenvalue weighted by atomic mass is 79.9. The van der Waals surface area contributed by atoms with Crippen molar-refractivity contribution in [3.63, 3.8) is 0 Å². The molecule has 1 aromatic heterocycles. The maximum absolute atomic E-state index is 5.72. The van der Waals surface area contributed by atoms with Crippen LogP contribution in [-0.2, 0) is 0 Å². The van der Waals surface area contributed by atoms with Crippen LogP contribution >= 0.6 is 15.9 Å². The Morgan fingerprint density at radius 3 is 2.39 bits per heavy atom. The van der Waals surface area contributed by atoms with E-state index in [1.165, 1.54) is 0 Å². The lowest BCUT2D eigenvalue weighted by Crippen LogP contribution is -1.99. The molecular formula is C18H17BrN2O2. The van der Waals surface area contributed by atoms with E-state index < -0.39 is 0 Å². The van der Waals surface area contributed by atoms with Gasteiger partial charge in [-0.2, -0.15) is 0 Å². The van der Waals surface area contributed by atoms with Crippen molar-refractivity contribution in [2.45, 2.75) is 13.8 Å². The van der Waals surface area contributed by atoms with Crippen molar-refractivity contribution in [1.29, 1.82) is 0 Å². The van der Waals surface area contributed by atoms with Crippen LogP contribution < -0.4 is 9.47 Å². The van der Waals surface area contributed by atoms with Gasteiger partial charge in [-0.3, -0.25) is 0 Å². The minimum atomic E-state index is 0.575. The van der Waals surface area contributed by atoms with Crippen LogP contribution in [0.2, 0.25) is 0 Å². The fourth-order valence-electron chi connectivity index (χ4n) is 2.47. The molecule has 0 radical (unpaired) electrons. The Kier molecular flexibility index (Phi) is 4.76. The zero-order chi connectivity index (χ0) is 16.2. The second-order valence-corrected chi connectivity index (χ2v) is 5.83. The van der Waals surface area contributed by atoms with E-state index in [-0.39, 0.29) is 0 Å². The molecule has 0 N–H and O–H groups in total. The highest BCUT2D eigenvalue weighted by Gasteiger charge is 2.13. The van der Waals surface area contributed by atoms with E-state index >= 15 is 0 Å². The average Bonchev–Trinajstić information content (AvgIpc) is 2.55. The van der Waals surface area contributed by atoms with E-state index in [0.29, 0.717) is 24.7 Å². The second-order valence-electron chi connectivity index (χ2n) is 4.91. The largest absolute Gasteiger partial charge is 0.490 e. The molecule has 0 spiro atoms. The molecule has 3 rings (SSSR count). The van der Waals surface area contributed by atoms with Crippen LogP contribution in [-0.4, -0.2) is 23.2 Å². The minimum Gasteiger partial charge on any atom is -0.490 e. The summed E-state index contributed by atoms with van der Waals surface area (Å²) in [6.45, 7) is 5.06. The van der Waals surface area contributed by atoms with E-state index in [1.807, 2.05) is 50.2 Å². The molecule has 0 atom stereocenters. The van der Waals surface area contributed by atoms with Crippen molar-refractivity contribution in [2.24, 2.45) is 0 Å². The third-order valence-corrected chi connectivity index (χ3v) is 3.89. The second kappa shape index (κ2) is 6.96. The predicted octanol–water partition coefficient (Wildman–Crippen LogP) is 4.86. The molecule has 0 fully saturated rings. The van der Waals surface area contributed by atoms with Crippen molar-refractivity contribution in [2.75, 3.05) is 13.2 Å². The number of hydrogen-bond acceptors (Lipinski definition) is 4. The summed E-state index contributed by atoms with van der Waals surface area (Å²) in [5, 5.41) is 0.942. The van der Waals surface area contributed by atoms with E-state index in [1.54, 1.807) is 6.33 Å². The monoisotopic (exact) mass is 372 g/mol. The van der Waals surface area contributed by atoms with Gasteiger partial charge in [0.1, 0.15) is 6.33 Å². The van der Waals surface area contributed by atoms with Crippen LogP contribution in [0.1, 0.15) is 13.8 Å². The van der Waals surface area contributed by atoms with Gasteiger partial charge in [0, 0.05) is 21.5 Å². The Hall–Kier alpha value is -2.14. The molecule has 0 bridgehead atoms. The molecule has 4 nitrogen and oxygen atoms in total. The summed E-state index contributed by atoms with van der Waals surface area (Å²) < 4.78 is 12.4. The summed E-state index contributed by atoms with van der Waals surface area (Å²) in [5.74, 6) is 1.42. The van der Waals surface area contributed by atoms with Gasteiger partial charge in [-0.05, 0) is 32.0 Å². The highest BCUT2D eigenvalue weighted by Crippen LogP contribution is 2.36. The summed E-state index contributed by atoms with van der Waals surface area (Å²) in [5.41, 5.74) is 2.74. The van der Waals surface area contributed by atoms with Gasteiger partial charge in [-0.1, -0.05) is 28.1 Å². The first-order valence-corrected chi connectivity index (χ1v) is 8.32. The van der Waals surface area contributed by atoms with Gasteiger partial charge in [0.15, 0.2) is 11.5 Å². The van der Waals surface area contributed by atoms with Crippen LogP contribution in [0.4, 0.5) is 0 Å². The van der Waals surface area contributed by atoms with Gasteiger partial charge in [0.05, 0.1) is 24.4 Å². The van der Waals surface area contributed by atoms with Crippen molar-refractivity contribution in [3.8, 4) is 22.8 Å². The van der Waals surface area contributed by atoms with E-state index in [9.17, 15) is 0 Å². The summed E-state index contributed by atoms with van der Waals surface area (Å²) in [6, 6.07) is 11.9. The molecule has 0 saturated heterocycles. The quantitative estimate of drug-likeness (QED) is 0.641. The number of halogens is 1. The lowest BCUT2D eigenvalue weighted by molar-refractivity contribution is 0.288. The van der Waals surface area contributed by atoms with Crippen molar-refractivity contribution >= 4 is 26.8 Å². The molecule has 118 valence electrons. The maximum atomic E-state index is 5.72. The topological polar surface area (TPSA) is 44.2 Å². The molecule has 0 aliphatic carbocycles. The molecule has 0 amide bonds. The normalized spacial score (nSPS) is 10.7. The van der Waals surface area contributed by atoms with Gasteiger partial charge < -0.3 is 9.47 Å². The van der Waals surface area contributed by atoms with E-state index in [4.69, 9.17) is 9.47 Å². The van der Waals surface area contributed by atoms with Crippen LogP contribution in [0.15, 0.2) is 47.2 Å². The number of rotatable bonds is 5. The SMILES string of the molecule is CCOc1cc2ncnc(-c3cccc(Br)c3)c2cc1OCC. The average molecular weight is 373 g/mol.